The first-order valence-corrected chi connectivity index (χ1v) is 28.7. The van der Waals surface area contributed by atoms with Gasteiger partial charge in [0.05, 0.1) is 31.8 Å². The summed E-state index contributed by atoms with van der Waals surface area (Å²) in [5, 5.41) is 92.2. The number of carboxylic acid groups (broad SMARTS) is 3. The van der Waals surface area contributed by atoms with Crippen molar-refractivity contribution in [1.82, 2.24) is 0 Å². The SMILES string of the molecule is CC(C)(C)c1cc(CCC(=O)O)cc(C(C)(C)C)c1O.CC(C)(C)c1cc(CCC(=O)O)cc(C(C)(C)C)c1O.CC(C)(C)c1cc(CCC(=O)O)cc(C(C)(C)C)c1O.CCCCCCCCC(=O)S.OCC(CO)(CO)CO. The van der Waals surface area contributed by atoms with Gasteiger partial charge in [-0.2, -0.15) is 0 Å². The number of hydrogen-bond acceptors (Lipinski definition) is 11. The number of unbranched alkanes of at least 4 members (excludes halogenated alkanes) is 5. The van der Waals surface area contributed by atoms with Crippen molar-refractivity contribution in [2.24, 2.45) is 5.41 Å². The van der Waals surface area contributed by atoms with Crippen LogP contribution in [-0.4, -0.2) is 101 Å². The molecule has 0 aromatic heterocycles. The molecular formula is C65H108O14S. The minimum Gasteiger partial charge on any atom is -0.507 e. The number of carbonyl (C=O) groups excluding carboxylic acids is 1. The number of phenols is 3. The zero-order valence-corrected chi connectivity index (χ0v) is 53.4. The van der Waals surface area contributed by atoms with Crippen molar-refractivity contribution >= 4 is 35.7 Å². The summed E-state index contributed by atoms with van der Waals surface area (Å²) < 4.78 is 0. The molecule has 10 N–H and O–H groups in total. The summed E-state index contributed by atoms with van der Waals surface area (Å²) >= 11 is 3.70. The number of aryl methyl sites for hydroxylation is 3. The van der Waals surface area contributed by atoms with E-state index in [2.05, 4.69) is 144 Å². The largest absolute Gasteiger partial charge is 0.507 e. The lowest BCUT2D eigenvalue weighted by atomic mass is 9.78. The highest BCUT2D eigenvalue weighted by Crippen LogP contribution is 2.43. The lowest BCUT2D eigenvalue weighted by molar-refractivity contribution is -0.138. The molecule has 0 aliphatic heterocycles. The van der Waals surface area contributed by atoms with Crippen molar-refractivity contribution in [3.63, 3.8) is 0 Å². The predicted octanol–water partition coefficient (Wildman–Crippen LogP) is 13.1. The highest BCUT2D eigenvalue weighted by Gasteiger charge is 2.30. The normalized spacial score (nSPS) is 12.1. The molecule has 3 aromatic rings. The molecule has 0 saturated heterocycles. The van der Waals surface area contributed by atoms with Crippen LogP contribution >= 0.6 is 12.6 Å². The van der Waals surface area contributed by atoms with Crippen molar-refractivity contribution in [1.29, 1.82) is 0 Å². The summed E-state index contributed by atoms with van der Waals surface area (Å²) in [4.78, 5) is 42.7. The van der Waals surface area contributed by atoms with E-state index in [0.717, 1.165) is 56.5 Å². The van der Waals surface area contributed by atoms with Crippen LogP contribution in [0, 0.1) is 5.41 Å². The molecule has 0 fully saturated rings. The summed E-state index contributed by atoms with van der Waals surface area (Å²) in [6.45, 7) is 37.5. The molecule has 15 heteroatoms. The number of carbonyl (C=O) groups is 4. The number of aliphatic hydroxyl groups excluding tert-OH is 4. The zero-order chi connectivity index (χ0) is 63.0. The Labute approximate surface area is 486 Å². The Hall–Kier alpha value is -4.67. The number of thiol groups is 1. The zero-order valence-electron chi connectivity index (χ0n) is 52.5. The van der Waals surface area contributed by atoms with Crippen LogP contribution < -0.4 is 0 Å². The molecule has 0 bridgehead atoms. The number of hydrogen-bond donors (Lipinski definition) is 11. The molecule has 3 aromatic carbocycles. The molecular weight excluding hydrogens is 1040 g/mol. The maximum Gasteiger partial charge on any atom is 0.303 e. The maximum atomic E-state index is 10.8. The lowest BCUT2D eigenvalue weighted by Crippen LogP contribution is -2.37. The van der Waals surface area contributed by atoms with E-state index in [4.69, 9.17) is 35.7 Å². The highest BCUT2D eigenvalue weighted by atomic mass is 32.1. The van der Waals surface area contributed by atoms with Crippen LogP contribution in [0.1, 0.15) is 246 Å². The molecule has 3 rings (SSSR count). The van der Waals surface area contributed by atoms with Gasteiger partial charge in [0, 0.05) is 25.7 Å². The molecule has 0 radical (unpaired) electrons. The van der Waals surface area contributed by atoms with Crippen molar-refractivity contribution in [3.05, 3.63) is 86.5 Å². The van der Waals surface area contributed by atoms with Crippen molar-refractivity contribution < 1.29 is 70.2 Å². The Morgan fingerprint density at radius 2 is 0.562 bits per heavy atom. The van der Waals surface area contributed by atoms with Gasteiger partial charge in [0.15, 0.2) is 5.12 Å². The van der Waals surface area contributed by atoms with Gasteiger partial charge < -0.3 is 51.1 Å². The first-order valence-electron chi connectivity index (χ1n) is 28.2. The van der Waals surface area contributed by atoms with Gasteiger partial charge in [-0.25, -0.2) is 0 Å². The van der Waals surface area contributed by atoms with Crippen LogP contribution in [0.3, 0.4) is 0 Å². The Morgan fingerprint density at radius 3 is 0.713 bits per heavy atom. The van der Waals surface area contributed by atoms with Crippen LogP contribution in [0.2, 0.25) is 0 Å². The third-order valence-electron chi connectivity index (χ3n) is 13.3. The second-order valence-electron chi connectivity index (χ2n) is 27.3. The van der Waals surface area contributed by atoms with Gasteiger partial charge in [-0.1, -0.05) is 200 Å². The summed E-state index contributed by atoms with van der Waals surface area (Å²) in [6.07, 6.45) is 9.85. The average Bonchev–Trinajstić information content (AvgIpc) is 3.31. The van der Waals surface area contributed by atoms with E-state index in [1.165, 1.54) is 32.1 Å². The molecule has 0 atom stereocenters. The predicted molar refractivity (Wildman–Crippen MR) is 327 cm³/mol. The van der Waals surface area contributed by atoms with E-state index >= 15 is 0 Å². The van der Waals surface area contributed by atoms with Crippen LogP contribution in [0.25, 0.3) is 0 Å². The summed E-state index contributed by atoms with van der Waals surface area (Å²) in [7, 11) is 0. The molecule has 80 heavy (non-hydrogen) atoms. The molecule has 0 saturated carbocycles. The smallest absolute Gasteiger partial charge is 0.303 e. The van der Waals surface area contributed by atoms with Gasteiger partial charge in [0.1, 0.15) is 17.2 Å². The minimum absolute atomic E-state index is 0.0282. The van der Waals surface area contributed by atoms with E-state index in [1.807, 2.05) is 36.4 Å². The van der Waals surface area contributed by atoms with Crippen LogP contribution in [0.4, 0.5) is 0 Å². The molecule has 0 heterocycles. The fourth-order valence-corrected chi connectivity index (χ4v) is 8.21. The Kier molecular flexibility index (Phi) is 33.0. The number of carboxylic acids is 3. The second-order valence-corrected chi connectivity index (χ2v) is 27.8. The Morgan fingerprint density at radius 1 is 0.362 bits per heavy atom. The quantitative estimate of drug-likeness (QED) is 0.0371. The van der Waals surface area contributed by atoms with Crippen molar-refractivity contribution in [3.8, 4) is 17.2 Å². The third-order valence-corrected chi connectivity index (χ3v) is 13.5. The number of phenolic OH excluding ortho intramolecular Hbond substituents is 3. The topological polar surface area (TPSA) is 271 Å². The first kappa shape index (κ1) is 77.4. The molecule has 0 aliphatic rings. The van der Waals surface area contributed by atoms with Crippen LogP contribution in [0.5, 0.6) is 17.2 Å². The molecule has 0 amide bonds. The third kappa shape index (κ3) is 29.3. The molecule has 458 valence electrons. The number of aromatic hydroxyl groups is 3. The maximum absolute atomic E-state index is 10.8. The van der Waals surface area contributed by atoms with Gasteiger partial charge >= 0.3 is 17.9 Å². The summed E-state index contributed by atoms with van der Waals surface area (Å²) in [6, 6.07) is 11.6. The van der Waals surface area contributed by atoms with Gasteiger partial charge in [0.2, 0.25) is 0 Å². The van der Waals surface area contributed by atoms with Gasteiger partial charge in [-0.3, -0.25) is 19.2 Å². The van der Waals surface area contributed by atoms with Gasteiger partial charge in [-0.15, -0.1) is 12.6 Å². The van der Waals surface area contributed by atoms with E-state index < -0.39 is 49.8 Å². The highest BCUT2D eigenvalue weighted by molar-refractivity contribution is 7.96. The fourth-order valence-electron chi connectivity index (χ4n) is 8.06. The van der Waals surface area contributed by atoms with Crippen LogP contribution in [-0.2, 0) is 70.9 Å². The standard InChI is InChI=1S/3C17H26O3.C9H18OS.C5H12O4/c3*1-16(2,3)12-9-11(7-8-14(18)19)10-13(15(12)20)17(4,5)6;1-2-3-4-5-6-7-8-9(10)11;6-1-5(2-7,3-8)4-9/h3*9-10,20H,7-8H2,1-6H3,(H,18,19);2-8H2,1H3,(H,10,11);6-9H,1-4H2. The summed E-state index contributed by atoms with van der Waals surface area (Å²) in [5.41, 5.74) is 6.02. The van der Waals surface area contributed by atoms with Crippen molar-refractivity contribution in [2.45, 2.75) is 248 Å². The minimum atomic E-state index is -1.11. The fraction of sp³-hybridized carbons (Fsp3) is 0.662. The van der Waals surface area contributed by atoms with Gasteiger partial charge in [0.25, 0.3) is 0 Å². The molecule has 0 spiro atoms. The number of benzene rings is 3. The number of aliphatic carboxylic acids is 3. The van der Waals surface area contributed by atoms with E-state index in [1.54, 1.807) is 0 Å². The van der Waals surface area contributed by atoms with Gasteiger partial charge in [-0.05, 0) is 108 Å². The molecule has 0 aliphatic carbocycles. The van der Waals surface area contributed by atoms with E-state index in [0.29, 0.717) is 42.9 Å². The van der Waals surface area contributed by atoms with E-state index in [9.17, 15) is 34.5 Å². The lowest BCUT2D eigenvalue weighted by Gasteiger charge is -2.28. The molecule has 14 nitrogen and oxygen atoms in total. The van der Waals surface area contributed by atoms with Crippen molar-refractivity contribution in [2.75, 3.05) is 26.4 Å². The Balaban J connectivity index is 0. The Bertz CT molecular complexity index is 2030. The number of rotatable bonds is 20. The molecule has 0 unspecified atom stereocenters. The number of aliphatic hydroxyl groups is 4. The van der Waals surface area contributed by atoms with Crippen LogP contribution in [0.15, 0.2) is 36.4 Å². The first-order chi connectivity index (χ1) is 36.3. The summed E-state index contributed by atoms with van der Waals surface area (Å²) in [5.74, 6) is -1.38. The second kappa shape index (κ2) is 34.1. The average molecular weight is 1150 g/mol. The van der Waals surface area contributed by atoms with E-state index in [-0.39, 0.29) is 56.9 Å². The monoisotopic (exact) mass is 1140 g/mol.